The summed E-state index contributed by atoms with van der Waals surface area (Å²) < 4.78 is 12.9. The topological polar surface area (TPSA) is 12.0 Å². The summed E-state index contributed by atoms with van der Waals surface area (Å²) in [6, 6.07) is 5.49. The molecule has 0 aliphatic rings. The summed E-state index contributed by atoms with van der Waals surface area (Å²) in [5.41, 5.74) is 1.02. The Morgan fingerprint density at radius 1 is 1.40 bits per heavy atom. The van der Waals surface area contributed by atoms with Crippen molar-refractivity contribution in [3.05, 3.63) is 34.6 Å². The van der Waals surface area contributed by atoms with Crippen molar-refractivity contribution in [2.75, 3.05) is 0 Å². The van der Waals surface area contributed by atoms with Crippen molar-refractivity contribution >= 4 is 11.6 Å². The monoisotopic (exact) mass is 229 g/mol. The van der Waals surface area contributed by atoms with Crippen LogP contribution < -0.4 is 5.32 Å². The van der Waals surface area contributed by atoms with E-state index < -0.39 is 0 Å². The van der Waals surface area contributed by atoms with E-state index in [0.29, 0.717) is 6.04 Å². The van der Waals surface area contributed by atoms with Gasteiger partial charge >= 0.3 is 0 Å². The quantitative estimate of drug-likeness (QED) is 0.825. The molecular weight excluding hydrogens is 213 g/mol. The van der Waals surface area contributed by atoms with Gasteiger partial charge in [-0.25, -0.2) is 4.39 Å². The lowest BCUT2D eigenvalue weighted by atomic mass is 10.1. The van der Waals surface area contributed by atoms with Gasteiger partial charge in [0.15, 0.2) is 0 Å². The number of halogens is 2. The van der Waals surface area contributed by atoms with Crippen LogP contribution in [0.5, 0.6) is 0 Å². The lowest BCUT2D eigenvalue weighted by Crippen LogP contribution is -2.28. The van der Waals surface area contributed by atoms with Crippen LogP contribution in [0.25, 0.3) is 0 Å². The Kier molecular flexibility index (Phi) is 4.55. The van der Waals surface area contributed by atoms with Crippen LogP contribution >= 0.6 is 11.6 Å². The van der Waals surface area contributed by atoms with Gasteiger partial charge in [-0.2, -0.15) is 0 Å². The highest BCUT2D eigenvalue weighted by Gasteiger charge is 2.09. The fourth-order valence-electron chi connectivity index (χ4n) is 1.42. The maximum absolute atomic E-state index is 12.9. The maximum atomic E-state index is 12.9. The van der Waals surface area contributed by atoms with Crippen molar-refractivity contribution in [3.63, 3.8) is 0 Å². The third kappa shape index (κ3) is 3.47. The second kappa shape index (κ2) is 5.47. The third-order valence-corrected chi connectivity index (χ3v) is 2.88. The van der Waals surface area contributed by atoms with Crippen LogP contribution in [0, 0.1) is 5.82 Å². The van der Waals surface area contributed by atoms with Crippen LogP contribution in [-0.4, -0.2) is 6.04 Å². The van der Waals surface area contributed by atoms with Gasteiger partial charge in [0, 0.05) is 12.1 Å². The van der Waals surface area contributed by atoms with Gasteiger partial charge in [0.2, 0.25) is 0 Å². The van der Waals surface area contributed by atoms with Crippen molar-refractivity contribution in [1.82, 2.24) is 5.32 Å². The molecule has 0 aliphatic carbocycles. The first-order valence-corrected chi connectivity index (χ1v) is 5.63. The van der Waals surface area contributed by atoms with Gasteiger partial charge < -0.3 is 5.32 Å². The molecular formula is C12H17ClFN. The summed E-state index contributed by atoms with van der Waals surface area (Å²) in [6.45, 7) is 6.30. The molecule has 0 spiro atoms. The standard InChI is InChI=1S/C12H17ClFN/c1-4-8(2)15-9(3)10-5-6-12(14)11(13)7-10/h5-9,15H,4H2,1-3H3/t8-,9+/m0/s1. The molecule has 1 nitrogen and oxygen atoms in total. The Morgan fingerprint density at radius 3 is 2.60 bits per heavy atom. The smallest absolute Gasteiger partial charge is 0.141 e. The van der Waals surface area contributed by atoms with Crippen LogP contribution in [0.2, 0.25) is 5.02 Å². The first kappa shape index (κ1) is 12.5. The zero-order valence-electron chi connectivity index (χ0n) is 9.35. The number of rotatable bonds is 4. The van der Waals surface area contributed by atoms with E-state index >= 15 is 0 Å². The average Bonchev–Trinajstić information content (AvgIpc) is 2.21. The molecule has 15 heavy (non-hydrogen) atoms. The van der Waals surface area contributed by atoms with E-state index in [2.05, 4.69) is 26.1 Å². The zero-order valence-corrected chi connectivity index (χ0v) is 10.1. The fraction of sp³-hybridized carbons (Fsp3) is 0.500. The fourth-order valence-corrected chi connectivity index (χ4v) is 1.61. The molecule has 84 valence electrons. The van der Waals surface area contributed by atoms with E-state index in [9.17, 15) is 4.39 Å². The summed E-state index contributed by atoms with van der Waals surface area (Å²) in [5.74, 6) is -0.365. The lowest BCUT2D eigenvalue weighted by molar-refractivity contribution is 0.469. The van der Waals surface area contributed by atoms with Crippen LogP contribution in [0.3, 0.4) is 0 Å². The summed E-state index contributed by atoms with van der Waals surface area (Å²) >= 11 is 5.73. The minimum absolute atomic E-state index is 0.185. The Morgan fingerprint density at radius 2 is 2.07 bits per heavy atom. The first-order chi connectivity index (χ1) is 7.04. The Labute approximate surface area is 95.6 Å². The molecule has 1 rings (SSSR count). The molecule has 0 aliphatic heterocycles. The molecule has 1 aromatic rings. The summed E-state index contributed by atoms with van der Waals surface area (Å²) in [4.78, 5) is 0. The highest BCUT2D eigenvalue weighted by molar-refractivity contribution is 6.30. The van der Waals surface area contributed by atoms with E-state index in [1.807, 2.05) is 0 Å². The minimum Gasteiger partial charge on any atom is -0.308 e. The van der Waals surface area contributed by atoms with Crippen molar-refractivity contribution in [2.45, 2.75) is 39.3 Å². The van der Waals surface area contributed by atoms with E-state index in [-0.39, 0.29) is 16.9 Å². The predicted molar refractivity (Wildman–Crippen MR) is 62.7 cm³/mol. The van der Waals surface area contributed by atoms with E-state index in [1.165, 1.54) is 6.07 Å². The molecule has 0 heterocycles. The number of hydrogen-bond acceptors (Lipinski definition) is 1. The van der Waals surface area contributed by atoms with Gasteiger partial charge in [-0.3, -0.25) is 0 Å². The third-order valence-electron chi connectivity index (χ3n) is 2.59. The summed E-state index contributed by atoms with van der Waals surface area (Å²) in [7, 11) is 0. The average molecular weight is 230 g/mol. The second-order valence-corrected chi connectivity index (χ2v) is 4.28. The van der Waals surface area contributed by atoms with Crippen LogP contribution in [0.4, 0.5) is 4.39 Å². The second-order valence-electron chi connectivity index (χ2n) is 3.87. The van der Waals surface area contributed by atoms with Crippen molar-refractivity contribution in [1.29, 1.82) is 0 Å². The van der Waals surface area contributed by atoms with Gasteiger partial charge in [0.1, 0.15) is 5.82 Å². The van der Waals surface area contributed by atoms with E-state index in [4.69, 9.17) is 11.6 Å². The Hall–Kier alpha value is -0.600. The molecule has 1 N–H and O–H groups in total. The number of nitrogens with one attached hydrogen (secondary N) is 1. The highest BCUT2D eigenvalue weighted by atomic mass is 35.5. The Balaban J connectivity index is 2.73. The SMILES string of the molecule is CC[C@H](C)N[C@H](C)c1ccc(F)c(Cl)c1. The van der Waals surface area contributed by atoms with Crippen LogP contribution in [-0.2, 0) is 0 Å². The van der Waals surface area contributed by atoms with Gasteiger partial charge in [0.05, 0.1) is 5.02 Å². The Bertz CT molecular complexity index is 327. The van der Waals surface area contributed by atoms with Crippen LogP contribution in [0.1, 0.15) is 38.8 Å². The van der Waals surface area contributed by atoms with Crippen molar-refractivity contribution in [2.24, 2.45) is 0 Å². The molecule has 1 aromatic carbocycles. The molecule has 0 fully saturated rings. The number of hydrogen-bond donors (Lipinski definition) is 1. The van der Waals surface area contributed by atoms with Crippen molar-refractivity contribution < 1.29 is 4.39 Å². The molecule has 0 unspecified atom stereocenters. The van der Waals surface area contributed by atoms with Gasteiger partial charge in [-0.05, 0) is 38.0 Å². The molecule has 2 atom stereocenters. The zero-order chi connectivity index (χ0) is 11.4. The lowest BCUT2D eigenvalue weighted by Gasteiger charge is -2.19. The molecule has 0 saturated carbocycles. The predicted octanol–water partition coefficient (Wildman–Crippen LogP) is 3.93. The van der Waals surface area contributed by atoms with E-state index in [0.717, 1.165) is 12.0 Å². The normalized spacial score (nSPS) is 15.0. The molecule has 0 saturated heterocycles. The van der Waals surface area contributed by atoms with Gasteiger partial charge in [0.25, 0.3) is 0 Å². The first-order valence-electron chi connectivity index (χ1n) is 5.25. The molecule has 0 aromatic heterocycles. The minimum atomic E-state index is -0.365. The summed E-state index contributed by atoms with van der Waals surface area (Å²) in [5, 5.41) is 3.60. The van der Waals surface area contributed by atoms with E-state index in [1.54, 1.807) is 12.1 Å². The molecule has 0 bridgehead atoms. The highest BCUT2D eigenvalue weighted by Crippen LogP contribution is 2.21. The van der Waals surface area contributed by atoms with Crippen molar-refractivity contribution in [3.8, 4) is 0 Å². The number of benzene rings is 1. The molecule has 0 radical (unpaired) electrons. The molecule has 0 amide bonds. The largest absolute Gasteiger partial charge is 0.308 e. The van der Waals surface area contributed by atoms with Gasteiger partial charge in [-0.1, -0.05) is 24.6 Å². The maximum Gasteiger partial charge on any atom is 0.141 e. The summed E-state index contributed by atoms with van der Waals surface area (Å²) in [6.07, 6.45) is 1.07. The van der Waals surface area contributed by atoms with Crippen LogP contribution in [0.15, 0.2) is 18.2 Å². The molecule has 3 heteroatoms. The van der Waals surface area contributed by atoms with Gasteiger partial charge in [-0.15, -0.1) is 0 Å².